The van der Waals surface area contributed by atoms with Crippen LogP contribution in [0.15, 0.2) is 24.3 Å². The molecule has 1 aromatic carbocycles. The summed E-state index contributed by atoms with van der Waals surface area (Å²) >= 11 is 0. The van der Waals surface area contributed by atoms with E-state index in [1.807, 2.05) is 0 Å². The van der Waals surface area contributed by atoms with Crippen LogP contribution in [-0.4, -0.2) is 19.7 Å². The predicted octanol–water partition coefficient (Wildman–Crippen LogP) is 3.33. The summed E-state index contributed by atoms with van der Waals surface area (Å²) in [5, 5.41) is 3.69. The van der Waals surface area contributed by atoms with Gasteiger partial charge in [-0.15, -0.1) is 0 Å². The lowest BCUT2D eigenvalue weighted by Gasteiger charge is -2.22. The number of nitrogens with one attached hydrogen (secondary N) is 1. The molecule has 0 amide bonds. The molecule has 2 aliphatic rings. The summed E-state index contributed by atoms with van der Waals surface area (Å²) in [5.41, 5.74) is 1.42. The van der Waals surface area contributed by atoms with Crippen molar-refractivity contribution in [1.82, 2.24) is 5.32 Å². The molecule has 2 heteroatoms. The first kappa shape index (κ1) is 12.0. The molecule has 2 aliphatic carbocycles. The first-order valence-corrected chi connectivity index (χ1v) is 7.25. The number of hydrogen-bond acceptors (Lipinski definition) is 2. The largest absolute Gasteiger partial charge is 0.496 e. The van der Waals surface area contributed by atoms with E-state index in [9.17, 15) is 0 Å². The highest BCUT2D eigenvalue weighted by Crippen LogP contribution is 2.42. The Morgan fingerprint density at radius 2 is 2.00 bits per heavy atom. The highest BCUT2D eigenvalue weighted by molar-refractivity contribution is 5.37. The van der Waals surface area contributed by atoms with E-state index >= 15 is 0 Å². The highest BCUT2D eigenvalue weighted by atomic mass is 16.5. The summed E-state index contributed by atoms with van der Waals surface area (Å²) in [5.74, 6) is 2.55. The number of methoxy groups -OCH3 is 1. The van der Waals surface area contributed by atoms with Gasteiger partial charge in [-0.3, -0.25) is 0 Å². The molecule has 18 heavy (non-hydrogen) atoms. The van der Waals surface area contributed by atoms with Crippen LogP contribution in [0.25, 0.3) is 0 Å². The van der Waals surface area contributed by atoms with Crippen molar-refractivity contribution in [2.45, 2.75) is 44.1 Å². The van der Waals surface area contributed by atoms with Crippen molar-refractivity contribution in [2.24, 2.45) is 5.92 Å². The maximum absolute atomic E-state index is 5.52. The van der Waals surface area contributed by atoms with Gasteiger partial charge < -0.3 is 10.1 Å². The van der Waals surface area contributed by atoms with Gasteiger partial charge in [-0.25, -0.2) is 0 Å². The maximum Gasteiger partial charge on any atom is 0.122 e. The zero-order valence-electron chi connectivity index (χ0n) is 11.2. The van der Waals surface area contributed by atoms with Crippen molar-refractivity contribution in [3.63, 3.8) is 0 Å². The summed E-state index contributed by atoms with van der Waals surface area (Å²) in [6, 6.07) is 9.37. The monoisotopic (exact) mass is 245 g/mol. The van der Waals surface area contributed by atoms with E-state index in [-0.39, 0.29) is 0 Å². The summed E-state index contributed by atoms with van der Waals surface area (Å²) in [4.78, 5) is 0. The van der Waals surface area contributed by atoms with E-state index in [4.69, 9.17) is 4.74 Å². The Hall–Kier alpha value is -1.02. The molecule has 0 saturated heterocycles. The molecule has 2 nitrogen and oxygen atoms in total. The van der Waals surface area contributed by atoms with Gasteiger partial charge in [0.15, 0.2) is 0 Å². The molecule has 0 spiro atoms. The second-order valence-electron chi connectivity index (χ2n) is 5.72. The maximum atomic E-state index is 5.52. The molecule has 0 radical (unpaired) electrons. The van der Waals surface area contributed by atoms with Gasteiger partial charge in [0.05, 0.1) is 7.11 Å². The Morgan fingerprint density at radius 1 is 1.17 bits per heavy atom. The van der Waals surface area contributed by atoms with E-state index < -0.39 is 0 Å². The normalized spacial score (nSPS) is 27.4. The first-order chi connectivity index (χ1) is 8.88. The number of hydrogen-bond donors (Lipinski definition) is 1. The van der Waals surface area contributed by atoms with Gasteiger partial charge in [0, 0.05) is 6.04 Å². The Balaban J connectivity index is 1.71. The Labute approximate surface area is 110 Å². The molecule has 0 bridgehead atoms. The van der Waals surface area contributed by atoms with Crippen LogP contribution in [0, 0.1) is 5.92 Å². The third-order valence-corrected chi connectivity index (χ3v) is 4.44. The number of ether oxygens (including phenoxy) is 1. The SMILES string of the molecule is COc1ccccc1C1CCCC1CNC1CC1. The van der Waals surface area contributed by atoms with Crippen LogP contribution < -0.4 is 10.1 Å². The zero-order valence-corrected chi connectivity index (χ0v) is 11.2. The van der Waals surface area contributed by atoms with Gasteiger partial charge in [-0.05, 0) is 55.7 Å². The molecule has 2 saturated carbocycles. The molecular formula is C16H23NO. The van der Waals surface area contributed by atoms with Gasteiger partial charge in [0.2, 0.25) is 0 Å². The van der Waals surface area contributed by atoms with Crippen LogP contribution in [0.5, 0.6) is 5.75 Å². The summed E-state index contributed by atoms with van der Waals surface area (Å²) in [6.07, 6.45) is 6.80. The number of para-hydroxylation sites is 1. The molecule has 2 atom stereocenters. The average molecular weight is 245 g/mol. The summed E-state index contributed by atoms with van der Waals surface area (Å²) in [7, 11) is 1.78. The van der Waals surface area contributed by atoms with Crippen molar-refractivity contribution in [3.8, 4) is 5.75 Å². The van der Waals surface area contributed by atoms with Crippen LogP contribution in [-0.2, 0) is 0 Å². The minimum Gasteiger partial charge on any atom is -0.496 e. The quantitative estimate of drug-likeness (QED) is 0.859. The lowest BCUT2D eigenvalue weighted by Crippen LogP contribution is -2.26. The average Bonchev–Trinajstić information content (AvgIpc) is 3.13. The van der Waals surface area contributed by atoms with Crippen molar-refractivity contribution in [1.29, 1.82) is 0 Å². The smallest absolute Gasteiger partial charge is 0.122 e. The molecular weight excluding hydrogens is 222 g/mol. The van der Waals surface area contributed by atoms with Crippen molar-refractivity contribution in [3.05, 3.63) is 29.8 Å². The second kappa shape index (κ2) is 5.31. The predicted molar refractivity (Wildman–Crippen MR) is 74.1 cm³/mol. The van der Waals surface area contributed by atoms with E-state index in [1.54, 1.807) is 7.11 Å². The molecule has 0 heterocycles. The molecule has 3 rings (SSSR count). The fraction of sp³-hybridized carbons (Fsp3) is 0.625. The fourth-order valence-corrected chi connectivity index (χ4v) is 3.27. The van der Waals surface area contributed by atoms with E-state index in [1.165, 1.54) is 44.2 Å². The highest BCUT2D eigenvalue weighted by Gasteiger charge is 2.31. The van der Waals surface area contributed by atoms with Crippen LogP contribution in [0.3, 0.4) is 0 Å². The minimum absolute atomic E-state index is 0.687. The molecule has 98 valence electrons. The Kier molecular flexibility index (Phi) is 3.55. The molecule has 1 N–H and O–H groups in total. The standard InChI is InChI=1S/C16H23NO/c1-18-16-8-3-2-6-15(16)14-7-4-5-12(14)11-17-13-9-10-13/h2-3,6,8,12-14,17H,4-5,7,9-11H2,1H3. The molecule has 2 unspecified atom stereocenters. The topological polar surface area (TPSA) is 21.3 Å². The van der Waals surface area contributed by atoms with Crippen LogP contribution in [0.2, 0.25) is 0 Å². The molecule has 2 fully saturated rings. The van der Waals surface area contributed by atoms with Crippen LogP contribution in [0.1, 0.15) is 43.6 Å². The van der Waals surface area contributed by atoms with E-state index in [0.717, 1.165) is 17.7 Å². The van der Waals surface area contributed by atoms with E-state index in [0.29, 0.717) is 5.92 Å². The minimum atomic E-state index is 0.687. The van der Waals surface area contributed by atoms with Crippen LogP contribution in [0.4, 0.5) is 0 Å². The molecule has 0 aromatic heterocycles. The zero-order chi connectivity index (χ0) is 12.4. The van der Waals surface area contributed by atoms with Gasteiger partial charge in [0.25, 0.3) is 0 Å². The lowest BCUT2D eigenvalue weighted by molar-refractivity contribution is 0.389. The third-order valence-electron chi connectivity index (χ3n) is 4.44. The second-order valence-corrected chi connectivity index (χ2v) is 5.72. The van der Waals surface area contributed by atoms with Crippen molar-refractivity contribution >= 4 is 0 Å². The number of rotatable bonds is 5. The number of benzene rings is 1. The van der Waals surface area contributed by atoms with Crippen molar-refractivity contribution in [2.75, 3.05) is 13.7 Å². The lowest BCUT2D eigenvalue weighted by atomic mass is 9.88. The first-order valence-electron chi connectivity index (χ1n) is 7.25. The Morgan fingerprint density at radius 3 is 2.78 bits per heavy atom. The van der Waals surface area contributed by atoms with E-state index in [2.05, 4.69) is 29.6 Å². The Bertz CT molecular complexity index is 400. The van der Waals surface area contributed by atoms with Gasteiger partial charge in [0.1, 0.15) is 5.75 Å². The van der Waals surface area contributed by atoms with Crippen molar-refractivity contribution < 1.29 is 4.74 Å². The van der Waals surface area contributed by atoms with Gasteiger partial charge >= 0.3 is 0 Å². The molecule has 1 aromatic rings. The van der Waals surface area contributed by atoms with Crippen LogP contribution >= 0.6 is 0 Å². The summed E-state index contributed by atoms with van der Waals surface area (Å²) in [6.45, 7) is 1.19. The van der Waals surface area contributed by atoms with Gasteiger partial charge in [-0.2, -0.15) is 0 Å². The van der Waals surface area contributed by atoms with Gasteiger partial charge in [-0.1, -0.05) is 24.6 Å². The molecule has 0 aliphatic heterocycles. The summed E-state index contributed by atoms with van der Waals surface area (Å²) < 4.78 is 5.52. The third kappa shape index (κ3) is 2.54. The fourth-order valence-electron chi connectivity index (χ4n) is 3.27.